The first-order valence-electron chi connectivity index (χ1n) is 12.4. The van der Waals surface area contributed by atoms with E-state index in [-0.39, 0.29) is 12.1 Å². The Kier molecular flexibility index (Phi) is 7.41. The van der Waals surface area contributed by atoms with E-state index in [4.69, 9.17) is 9.57 Å². The van der Waals surface area contributed by atoms with Crippen molar-refractivity contribution >= 4 is 0 Å². The summed E-state index contributed by atoms with van der Waals surface area (Å²) < 4.78 is 6.34. The third kappa shape index (κ3) is 5.26. The minimum Gasteiger partial charge on any atom is -0.373 e. The van der Waals surface area contributed by atoms with Crippen molar-refractivity contribution < 1.29 is 9.57 Å². The quantitative estimate of drug-likeness (QED) is 0.277. The van der Waals surface area contributed by atoms with Gasteiger partial charge in [-0.1, -0.05) is 94.1 Å². The molecule has 2 bridgehead atoms. The van der Waals surface area contributed by atoms with Gasteiger partial charge in [0.05, 0.1) is 18.8 Å². The Morgan fingerprint density at radius 3 is 2.21 bits per heavy atom. The maximum Gasteiger partial charge on any atom is 0.108 e. The van der Waals surface area contributed by atoms with E-state index in [0.717, 1.165) is 11.3 Å². The lowest BCUT2D eigenvalue weighted by Gasteiger charge is -2.37. The summed E-state index contributed by atoms with van der Waals surface area (Å²) in [4.78, 5) is 6.50. The van der Waals surface area contributed by atoms with Crippen LogP contribution in [0.25, 0.3) is 0 Å². The molecule has 2 aliphatic carbocycles. The fourth-order valence-electron chi connectivity index (χ4n) is 5.44. The fraction of sp³-hybridized carbons (Fsp3) is 0.467. The van der Waals surface area contributed by atoms with Crippen molar-refractivity contribution in [1.82, 2.24) is 5.06 Å². The van der Waals surface area contributed by atoms with Gasteiger partial charge in [-0.05, 0) is 54.7 Å². The van der Waals surface area contributed by atoms with Gasteiger partial charge >= 0.3 is 0 Å². The van der Waals surface area contributed by atoms with E-state index in [9.17, 15) is 0 Å². The molecule has 0 aromatic heterocycles. The van der Waals surface area contributed by atoms with E-state index in [1.54, 1.807) is 0 Å². The van der Waals surface area contributed by atoms with Crippen LogP contribution in [0.1, 0.15) is 69.9 Å². The number of hydrogen-bond acceptors (Lipinski definition) is 3. The van der Waals surface area contributed by atoms with Gasteiger partial charge in [0.1, 0.15) is 6.10 Å². The molecule has 0 saturated heterocycles. The maximum absolute atomic E-state index is 6.50. The van der Waals surface area contributed by atoms with Crippen molar-refractivity contribution in [2.45, 2.75) is 65.9 Å². The lowest BCUT2D eigenvalue weighted by atomic mass is 9.93. The molecule has 6 unspecified atom stereocenters. The van der Waals surface area contributed by atoms with E-state index in [1.165, 1.54) is 17.5 Å². The molecule has 4 rings (SSSR count). The van der Waals surface area contributed by atoms with Crippen LogP contribution in [0.4, 0.5) is 0 Å². The number of ether oxygens (including phenoxy) is 1. The van der Waals surface area contributed by atoms with Crippen LogP contribution in [0.2, 0.25) is 0 Å². The zero-order valence-corrected chi connectivity index (χ0v) is 20.8. The summed E-state index contributed by atoms with van der Waals surface area (Å²) in [5.41, 5.74) is 4.51. The van der Waals surface area contributed by atoms with Crippen molar-refractivity contribution in [2.75, 3.05) is 0 Å². The summed E-state index contributed by atoms with van der Waals surface area (Å²) in [5.74, 6) is 2.31. The van der Waals surface area contributed by atoms with E-state index >= 15 is 0 Å². The third-order valence-corrected chi connectivity index (χ3v) is 7.33. The van der Waals surface area contributed by atoms with Crippen molar-refractivity contribution in [3.05, 3.63) is 95.7 Å². The molecule has 0 spiro atoms. The van der Waals surface area contributed by atoms with Crippen LogP contribution in [-0.2, 0) is 16.2 Å². The first-order valence-corrected chi connectivity index (χ1v) is 12.4. The van der Waals surface area contributed by atoms with Crippen LogP contribution < -0.4 is 0 Å². The number of hydrogen-bond donors (Lipinski definition) is 0. The second-order valence-electron chi connectivity index (χ2n) is 10.2. The molecular formula is C30H39NO2. The van der Waals surface area contributed by atoms with Crippen LogP contribution in [0, 0.1) is 23.7 Å². The summed E-state index contributed by atoms with van der Waals surface area (Å²) in [6, 6.07) is 19.3. The third-order valence-electron chi connectivity index (χ3n) is 7.33. The van der Waals surface area contributed by atoms with Gasteiger partial charge in [-0.25, -0.2) is 0 Å². The van der Waals surface area contributed by atoms with E-state index in [0.29, 0.717) is 36.4 Å². The lowest BCUT2D eigenvalue weighted by Crippen LogP contribution is -2.31. The predicted molar refractivity (Wildman–Crippen MR) is 135 cm³/mol. The molecule has 0 radical (unpaired) electrons. The lowest BCUT2D eigenvalue weighted by molar-refractivity contribution is -0.204. The van der Waals surface area contributed by atoms with Gasteiger partial charge in [-0.3, -0.25) is 9.90 Å². The molecule has 33 heavy (non-hydrogen) atoms. The molecule has 2 aromatic carbocycles. The maximum atomic E-state index is 6.50. The molecule has 0 heterocycles. The standard InChI is InChI=1S/C30H39NO2/c1-20(2)29(26-10-8-7-9-11-26)31(21(3)4)33-23(6)25-14-12-24(13-15-25)19-32-30-22(5)27-16-17-28(30)18-27/h7-17,20,22-23,27-30H,3,18-19H2,1-2,4-6H3. The Hall–Kier alpha value is -2.36. The molecular weight excluding hydrogens is 406 g/mol. The average molecular weight is 446 g/mol. The highest BCUT2D eigenvalue weighted by molar-refractivity contribution is 5.24. The van der Waals surface area contributed by atoms with Crippen molar-refractivity contribution in [3.8, 4) is 0 Å². The van der Waals surface area contributed by atoms with Crippen LogP contribution in [0.3, 0.4) is 0 Å². The summed E-state index contributed by atoms with van der Waals surface area (Å²) in [5, 5.41) is 1.99. The smallest absolute Gasteiger partial charge is 0.108 e. The molecule has 1 saturated carbocycles. The summed E-state index contributed by atoms with van der Waals surface area (Å²) in [6.45, 7) is 15.8. The minimum atomic E-state index is -0.0858. The van der Waals surface area contributed by atoms with Crippen molar-refractivity contribution in [2.24, 2.45) is 23.7 Å². The molecule has 176 valence electrons. The van der Waals surface area contributed by atoms with Gasteiger partial charge in [0.2, 0.25) is 0 Å². The molecule has 3 heteroatoms. The van der Waals surface area contributed by atoms with Gasteiger partial charge in [0, 0.05) is 11.6 Å². The molecule has 1 fully saturated rings. The number of hydroxylamine groups is 2. The topological polar surface area (TPSA) is 21.7 Å². The van der Waals surface area contributed by atoms with Gasteiger partial charge in [0.15, 0.2) is 0 Å². The summed E-state index contributed by atoms with van der Waals surface area (Å²) in [6.07, 6.45) is 6.26. The van der Waals surface area contributed by atoms with Gasteiger partial charge in [-0.2, -0.15) is 0 Å². The van der Waals surface area contributed by atoms with Crippen LogP contribution in [-0.4, -0.2) is 11.2 Å². The monoisotopic (exact) mass is 445 g/mol. The second-order valence-corrected chi connectivity index (χ2v) is 10.2. The first kappa shape index (κ1) is 23.8. The zero-order valence-electron chi connectivity index (χ0n) is 20.8. The first-order chi connectivity index (χ1) is 15.8. The average Bonchev–Trinajstić information content (AvgIpc) is 3.40. The normalized spacial score (nSPS) is 25.4. The predicted octanol–water partition coefficient (Wildman–Crippen LogP) is 7.64. The molecule has 0 aliphatic heterocycles. The molecule has 0 N–H and O–H groups in total. The van der Waals surface area contributed by atoms with E-state index < -0.39 is 0 Å². The second kappa shape index (κ2) is 10.3. The Labute approximate surface area is 200 Å². The number of fused-ring (bicyclic) bond motifs is 2. The Bertz CT molecular complexity index is 949. The Balaban J connectivity index is 1.40. The van der Waals surface area contributed by atoms with Crippen molar-refractivity contribution in [1.29, 1.82) is 0 Å². The number of nitrogens with zero attached hydrogens (tertiary/aromatic N) is 1. The van der Waals surface area contributed by atoms with Gasteiger partial charge < -0.3 is 4.74 Å². The van der Waals surface area contributed by atoms with Crippen LogP contribution in [0.15, 0.2) is 79.0 Å². The largest absolute Gasteiger partial charge is 0.373 e. The number of rotatable bonds is 10. The molecule has 3 nitrogen and oxygen atoms in total. The fourth-order valence-corrected chi connectivity index (χ4v) is 5.44. The highest BCUT2D eigenvalue weighted by Crippen LogP contribution is 2.45. The molecule has 0 amide bonds. The van der Waals surface area contributed by atoms with E-state index in [1.807, 2.05) is 12.0 Å². The molecule has 6 atom stereocenters. The van der Waals surface area contributed by atoms with Crippen molar-refractivity contribution in [3.63, 3.8) is 0 Å². The zero-order chi connectivity index (χ0) is 23.5. The summed E-state index contributed by atoms with van der Waals surface area (Å²) >= 11 is 0. The Morgan fingerprint density at radius 1 is 0.970 bits per heavy atom. The van der Waals surface area contributed by atoms with Crippen LogP contribution in [0.5, 0.6) is 0 Å². The van der Waals surface area contributed by atoms with Gasteiger partial charge in [0.25, 0.3) is 0 Å². The molecule has 2 aromatic rings. The Morgan fingerprint density at radius 2 is 1.64 bits per heavy atom. The SMILES string of the molecule is C=C(C)N(OC(C)c1ccc(COC2C3C=CC(C3)C2C)cc1)C(c1ccccc1)C(C)C. The summed E-state index contributed by atoms with van der Waals surface area (Å²) in [7, 11) is 0. The van der Waals surface area contributed by atoms with Crippen LogP contribution >= 0.6 is 0 Å². The van der Waals surface area contributed by atoms with Gasteiger partial charge in [-0.15, -0.1) is 0 Å². The minimum absolute atomic E-state index is 0.0858. The van der Waals surface area contributed by atoms with E-state index in [2.05, 4.69) is 101 Å². The number of allylic oxidation sites excluding steroid dienone is 2. The highest BCUT2D eigenvalue weighted by atomic mass is 16.7. The molecule has 2 aliphatic rings. The highest BCUT2D eigenvalue weighted by Gasteiger charge is 2.42. The number of benzene rings is 2.